The van der Waals surface area contributed by atoms with E-state index in [2.05, 4.69) is 0 Å². The first kappa shape index (κ1) is 23.9. The van der Waals surface area contributed by atoms with Gasteiger partial charge in [-0.25, -0.2) is 13.2 Å². The molecule has 1 fully saturated rings. The topological polar surface area (TPSA) is 47.9 Å². The molecule has 1 aliphatic rings. The average molecular weight is 474 g/mol. The number of allylic oxidation sites excluding steroid dienone is 1. The highest BCUT2D eigenvalue weighted by atomic mass is 19.2. The summed E-state index contributed by atoms with van der Waals surface area (Å²) in [4.78, 5) is 0. The van der Waals surface area contributed by atoms with Crippen molar-refractivity contribution in [2.24, 2.45) is 0 Å². The van der Waals surface area contributed by atoms with Crippen molar-refractivity contribution in [3.8, 4) is 28.0 Å². The smallest absolute Gasteiger partial charge is 0.201 e. The Kier molecular flexibility index (Phi) is 7.31. The molecule has 0 aliphatic carbocycles. The summed E-state index contributed by atoms with van der Waals surface area (Å²) in [6, 6.07) is 11.4. The molecule has 0 unspecified atom stereocenters. The third-order valence-electron chi connectivity index (χ3n) is 5.37. The molecule has 0 saturated carbocycles. The SMILES string of the molecule is C/C=C/COc1ccc(-c2ccc(-c3ccc(C4OCC(O)CO4)c(F)c3F)cc2)c(F)c1F. The largest absolute Gasteiger partial charge is 0.486 e. The van der Waals surface area contributed by atoms with Gasteiger partial charge in [-0.15, -0.1) is 0 Å². The van der Waals surface area contributed by atoms with Crippen LogP contribution in [0, 0.1) is 23.3 Å². The quantitative estimate of drug-likeness (QED) is 0.355. The van der Waals surface area contributed by atoms with Crippen molar-refractivity contribution in [3.63, 3.8) is 0 Å². The molecule has 3 aromatic rings. The predicted octanol–water partition coefficient (Wildman–Crippen LogP) is 5.94. The van der Waals surface area contributed by atoms with Crippen LogP contribution in [0.4, 0.5) is 17.6 Å². The van der Waals surface area contributed by atoms with Crippen LogP contribution in [-0.4, -0.2) is 31.0 Å². The molecule has 0 amide bonds. The molecule has 8 heteroatoms. The molecular formula is C26H22F4O4. The summed E-state index contributed by atoms with van der Waals surface area (Å²) in [5.74, 6) is -4.58. The summed E-state index contributed by atoms with van der Waals surface area (Å²) in [6.45, 7) is 1.81. The van der Waals surface area contributed by atoms with E-state index in [9.17, 15) is 22.7 Å². The van der Waals surface area contributed by atoms with Crippen LogP contribution in [0.2, 0.25) is 0 Å². The van der Waals surface area contributed by atoms with Gasteiger partial charge in [0.2, 0.25) is 5.82 Å². The fourth-order valence-electron chi connectivity index (χ4n) is 3.57. The van der Waals surface area contributed by atoms with Crippen molar-refractivity contribution in [1.82, 2.24) is 0 Å². The zero-order valence-electron chi connectivity index (χ0n) is 18.2. The predicted molar refractivity (Wildman–Crippen MR) is 118 cm³/mol. The summed E-state index contributed by atoms with van der Waals surface area (Å²) in [7, 11) is 0. The normalized spacial score (nSPS) is 18.4. The van der Waals surface area contributed by atoms with Crippen LogP contribution < -0.4 is 4.74 Å². The van der Waals surface area contributed by atoms with Crippen LogP contribution >= 0.6 is 0 Å². The van der Waals surface area contributed by atoms with Gasteiger partial charge in [0.15, 0.2) is 29.5 Å². The van der Waals surface area contributed by atoms with Gasteiger partial charge in [-0.2, -0.15) is 4.39 Å². The van der Waals surface area contributed by atoms with Gasteiger partial charge in [-0.1, -0.05) is 48.6 Å². The number of aliphatic hydroxyl groups excluding tert-OH is 1. The number of aliphatic hydroxyl groups is 1. The van der Waals surface area contributed by atoms with Crippen molar-refractivity contribution < 1.29 is 36.9 Å². The van der Waals surface area contributed by atoms with Crippen LogP contribution in [0.25, 0.3) is 22.3 Å². The molecule has 1 aliphatic heterocycles. The highest BCUT2D eigenvalue weighted by Gasteiger charge is 2.27. The monoisotopic (exact) mass is 474 g/mol. The Morgan fingerprint density at radius 3 is 1.97 bits per heavy atom. The highest BCUT2D eigenvalue weighted by Crippen LogP contribution is 2.34. The third-order valence-corrected chi connectivity index (χ3v) is 5.37. The second kappa shape index (κ2) is 10.4. The maximum absolute atomic E-state index is 14.8. The van der Waals surface area contributed by atoms with E-state index in [-0.39, 0.29) is 42.3 Å². The maximum atomic E-state index is 14.8. The van der Waals surface area contributed by atoms with Crippen molar-refractivity contribution in [3.05, 3.63) is 89.5 Å². The minimum absolute atomic E-state index is 0.0111. The van der Waals surface area contributed by atoms with Crippen molar-refractivity contribution in [1.29, 1.82) is 0 Å². The molecule has 4 nitrogen and oxygen atoms in total. The van der Waals surface area contributed by atoms with Gasteiger partial charge in [0.05, 0.1) is 13.2 Å². The molecule has 1 saturated heterocycles. The zero-order valence-corrected chi connectivity index (χ0v) is 18.2. The Labute approximate surface area is 194 Å². The minimum Gasteiger partial charge on any atom is -0.486 e. The molecule has 3 aromatic carbocycles. The second-order valence-electron chi connectivity index (χ2n) is 7.68. The van der Waals surface area contributed by atoms with Gasteiger partial charge in [-0.05, 0) is 30.2 Å². The number of hydrogen-bond acceptors (Lipinski definition) is 4. The third kappa shape index (κ3) is 4.84. The number of ether oxygens (including phenoxy) is 3. The molecule has 178 valence electrons. The summed E-state index contributed by atoms with van der Waals surface area (Å²) in [5.41, 5.74) is 0.598. The molecule has 1 N–H and O–H groups in total. The number of halogens is 4. The van der Waals surface area contributed by atoms with Crippen LogP contribution in [-0.2, 0) is 9.47 Å². The maximum Gasteiger partial charge on any atom is 0.201 e. The van der Waals surface area contributed by atoms with E-state index < -0.39 is 35.7 Å². The van der Waals surface area contributed by atoms with Crippen LogP contribution in [0.3, 0.4) is 0 Å². The Bertz CT molecular complexity index is 1190. The summed E-state index contributed by atoms with van der Waals surface area (Å²) in [6.07, 6.45) is 1.46. The molecule has 0 radical (unpaired) electrons. The van der Waals surface area contributed by atoms with Gasteiger partial charge in [0, 0.05) is 16.7 Å². The van der Waals surface area contributed by atoms with E-state index >= 15 is 0 Å². The van der Waals surface area contributed by atoms with Crippen molar-refractivity contribution in [2.75, 3.05) is 19.8 Å². The first-order valence-corrected chi connectivity index (χ1v) is 10.6. The van der Waals surface area contributed by atoms with E-state index in [1.165, 1.54) is 48.5 Å². The van der Waals surface area contributed by atoms with Crippen molar-refractivity contribution in [2.45, 2.75) is 19.3 Å². The van der Waals surface area contributed by atoms with Crippen molar-refractivity contribution >= 4 is 0 Å². The van der Waals surface area contributed by atoms with Gasteiger partial charge < -0.3 is 19.3 Å². The molecule has 0 bridgehead atoms. The Hall–Kier alpha value is -3.20. The van der Waals surface area contributed by atoms with Gasteiger partial charge in [0.25, 0.3) is 0 Å². The molecule has 0 atom stereocenters. The highest BCUT2D eigenvalue weighted by molar-refractivity contribution is 5.71. The average Bonchev–Trinajstić information content (AvgIpc) is 2.85. The molecule has 1 heterocycles. The molecule has 0 spiro atoms. The first-order valence-electron chi connectivity index (χ1n) is 10.6. The number of rotatable bonds is 6. The second-order valence-corrected chi connectivity index (χ2v) is 7.68. The van der Waals surface area contributed by atoms with E-state index in [0.29, 0.717) is 11.1 Å². The Morgan fingerprint density at radius 2 is 1.38 bits per heavy atom. The Balaban J connectivity index is 1.57. The molecule has 34 heavy (non-hydrogen) atoms. The number of hydrogen-bond donors (Lipinski definition) is 1. The fourth-order valence-corrected chi connectivity index (χ4v) is 3.57. The van der Waals surface area contributed by atoms with Gasteiger partial charge in [0.1, 0.15) is 12.7 Å². The Morgan fingerprint density at radius 1 is 0.824 bits per heavy atom. The summed E-state index contributed by atoms with van der Waals surface area (Å²) >= 11 is 0. The lowest BCUT2D eigenvalue weighted by Gasteiger charge is -2.27. The van der Waals surface area contributed by atoms with Gasteiger partial charge >= 0.3 is 0 Å². The van der Waals surface area contributed by atoms with Crippen LogP contribution in [0.5, 0.6) is 5.75 Å². The lowest BCUT2D eigenvalue weighted by Crippen LogP contribution is -2.31. The van der Waals surface area contributed by atoms with E-state index in [0.717, 1.165) is 0 Å². The van der Waals surface area contributed by atoms with E-state index in [4.69, 9.17) is 14.2 Å². The lowest BCUT2D eigenvalue weighted by atomic mass is 9.98. The van der Waals surface area contributed by atoms with Crippen LogP contribution in [0.15, 0.2) is 60.7 Å². The zero-order chi connectivity index (χ0) is 24.2. The minimum atomic E-state index is -1.12. The van der Waals surface area contributed by atoms with Crippen LogP contribution in [0.1, 0.15) is 18.8 Å². The summed E-state index contributed by atoms with van der Waals surface area (Å²) in [5, 5.41) is 9.41. The lowest BCUT2D eigenvalue weighted by molar-refractivity contribution is -0.221. The van der Waals surface area contributed by atoms with E-state index in [1.54, 1.807) is 19.1 Å². The molecular weight excluding hydrogens is 452 g/mol. The molecule has 4 rings (SSSR count). The van der Waals surface area contributed by atoms with E-state index in [1.807, 2.05) is 0 Å². The molecule has 0 aromatic heterocycles. The number of benzene rings is 3. The van der Waals surface area contributed by atoms with Gasteiger partial charge in [-0.3, -0.25) is 0 Å². The summed E-state index contributed by atoms with van der Waals surface area (Å²) < 4.78 is 74.2. The first-order chi connectivity index (χ1) is 16.4. The standard InChI is InChI=1S/C26H22F4O4/c1-2-3-12-32-21-11-10-19(23(28)25(21)30)16-6-4-15(5-7-16)18-8-9-20(24(29)22(18)27)26-33-13-17(31)14-34-26/h2-11,17,26,31H,12-14H2,1H3/b3-2+. The fraction of sp³-hybridized carbons (Fsp3) is 0.231.